The lowest BCUT2D eigenvalue weighted by Crippen LogP contribution is -2.29. The topological polar surface area (TPSA) is 57.5 Å². The first kappa shape index (κ1) is 9.22. The van der Waals surface area contributed by atoms with Gasteiger partial charge in [0, 0.05) is 11.7 Å². The third kappa shape index (κ3) is 1.84. The molecule has 0 saturated heterocycles. The van der Waals surface area contributed by atoms with Crippen LogP contribution < -0.4 is 0 Å². The van der Waals surface area contributed by atoms with E-state index >= 15 is 0 Å². The highest BCUT2D eigenvalue weighted by Crippen LogP contribution is 2.26. The fourth-order valence-electron chi connectivity index (χ4n) is 1.32. The molecule has 0 amide bonds. The SMILES string of the molecule is CC(=O)C1C=CC=CC1B(O)O. The summed E-state index contributed by atoms with van der Waals surface area (Å²) in [7, 11) is -1.46. The Balaban J connectivity index is 2.77. The Bertz CT molecular complexity index is 232. The quantitative estimate of drug-likeness (QED) is 0.574. The number of hydrogen-bond donors (Lipinski definition) is 2. The van der Waals surface area contributed by atoms with Crippen molar-refractivity contribution in [1.29, 1.82) is 0 Å². The van der Waals surface area contributed by atoms with E-state index in [2.05, 4.69) is 0 Å². The molecule has 1 aliphatic carbocycles. The van der Waals surface area contributed by atoms with E-state index in [1.165, 1.54) is 6.92 Å². The maximum atomic E-state index is 11.0. The Labute approximate surface area is 71.6 Å². The maximum absolute atomic E-state index is 11.0. The standard InChI is InChI=1S/C8H11BO3/c1-6(10)7-4-2-3-5-8(7)9(11)12/h2-5,7-8,11-12H,1H3. The molecule has 0 radical (unpaired) electrons. The summed E-state index contributed by atoms with van der Waals surface area (Å²) >= 11 is 0. The Hall–Kier alpha value is -0.865. The molecule has 64 valence electrons. The van der Waals surface area contributed by atoms with Crippen LogP contribution >= 0.6 is 0 Å². The van der Waals surface area contributed by atoms with E-state index in [4.69, 9.17) is 10.0 Å². The molecule has 3 nitrogen and oxygen atoms in total. The molecule has 0 aromatic rings. The number of carbonyl (C=O) groups is 1. The summed E-state index contributed by atoms with van der Waals surface area (Å²) < 4.78 is 0. The van der Waals surface area contributed by atoms with Crippen LogP contribution in [0.2, 0.25) is 5.82 Å². The summed E-state index contributed by atoms with van der Waals surface area (Å²) in [6.45, 7) is 1.45. The molecule has 0 aliphatic heterocycles. The first-order valence-electron chi connectivity index (χ1n) is 3.84. The number of hydrogen-bond acceptors (Lipinski definition) is 3. The van der Waals surface area contributed by atoms with Crippen LogP contribution in [0.15, 0.2) is 24.3 Å². The van der Waals surface area contributed by atoms with Crippen molar-refractivity contribution < 1.29 is 14.8 Å². The Kier molecular flexibility index (Phi) is 2.84. The number of allylic oxidation sites excluding steroid dienone is 4. The van der Waals surface area contributed by atoms with Crippen LogP contribution in [0.5, 0.6) is 0 Å². The second-order valence-corrected chi connectivity index (χ2v) is 2.90. The molecule has 0 spiro atoms. The fourth-order valence-corrected chi connectivity index (χ4v) is 1.32. The van der Waals surface area contributed by atoms with Crippen molar-refractivity contribution in [2.75, 3.05) is 0 Å². The summed E-state index contributed by atoms with van der Waals surface area (Å²) in [6, 6.07) is 0. The van der Waals surface area contributed by atoms with E-state index in [-0.39, 0.29) is 5.78 Å². The van der Waals surface area contributed by atoms with Gasteiger partial charge in [-0.15, -0.1) is 0 Å². The van der Waals surface area contributed by atoms with Crippen molar-refractivity contribution in [3.63, 3.8) is 0 Å². The van der Waals surface area contributed by atoms with Crippen molar-refractivity contribution in [2.24, 2.45) is 5.92 Å². The van der Waals surface area contributed by atoms with Gasteiger partial charge in [0.1, 0.15) is 5.78 Å². The molecule has 0 heterocycles. The van der Waals surface area contributed by atoms with Gasteiger partial charge in [0.2, 0.25) is 0 Å². The van der Waals surface area contributed by atoms with Crippen LogP contribution in [0.3, 0.4) is 0 Å². The number of rotatable bonds is 2. The van der Waals surface area contributed by atoms with E-state index < -0.39 is 18.9 Å². The van der Waals surface area contributed by atoms with E-state index in [0.717, 1.165) is 0 Å². The lowest BCUT2D eigenvalue weighted by molar-refractivity contribution is -0.119. The third-order valence-corrected chi connectivity index (χ3v) is 1.99. The molecular formula is C8H11BO3. The summed E-state index contributed by atoms with van der Waals surface area (Å²) in [5, 5.41) is 17.8. The molecule has 2 N–H and O–H groups in total. The molecule has 0 aromatic heterocycles. The zero-order valence-corrected chi connectivity index (χ0v) is 6.84. The van der Waals surface area contributed by atoms with Crippen molar-refractivity contribution in [3.05, 3.63) is 24.3 Å². The van der Waals surface area contributed by atoms with Gasteiger partial charge in [-0.25, -0.2) is 0 Å². The Morgan fingerprint density at radius 1 is 1.33 bits per heavy atom. The van der Waals surface area contributed by atoms with Crippen LogP contribution in [-0.4, -0.2) is 22.9 Å². The lowest BCUT2D eigenvalue weighted by Gasteiger charge is -2.20. The third-order valence-electron chi connectivity index (χ3n) is 1.99. The van der Waals surface area contributed by atoms with Crippen LogP contribution in [-0.2, 0) is 4.79 Å². The van der Waals surface area contributed by atoms with Gasteiger partial charge in [0.15, 0.2) is 0 Å². The predicted octanol–water partition coefficient (Wildman–Crippen LogP) is 0.161. The second kappa shape index (κ2) is 3.69. The predicted molar refractivity (Wildman–Crippen MR) is 46.4 cm³/mol. The van der Waals surface area contributed by atoms with Gasteiger partial charge in [0.05, 0.1) is 0 Å². The molecule has 1 rings (SSSR count). The fraction of sp³-hybridized carbons (Fsp3) is 0.375. The van der Waals surface area contributed by atoms with Crippen molar-refractivity contribution >= 4 is 12.9 Å². The summed E-state index contributed by atoms with van der Waals surface area (Å²) in [5.74, 6) is -0.934. The number of carbonyl (C=O) groups excluding carboxylic acids is 1. The molecule has 2 unspecified atom stereocenters. The van der Waals surface area contributed by atoms with E-state index in [1.54, 1.807) is 24.3 Å². The van der Waals surface area contributed by atoms with Gasteiger partial charge >= 0.3 is 7.12 Å². The zero-order valence-electron chi connectivity index (χ0n) is 6.84. The molecule has 12 heavy (non-hydrogen) atoms. The van der Waals surface area contributed by atoms with E-state index in [9.17, 15) is 4.79 Å². The van der Waals surface area contributed by atoms with Gasteiger partial charge in [-0.3, -0.25) is 4.79 Å². The highest BCUT2D eigenvalue weighted by Gasteiger charge is 2.31. The summed E-state index contributed by atoms with van der Waals surface area (Å²) in [5.41, 5.74) is 0. The van der Waals surface area contributed by atoms with Crippen LogP contribution in [0.4, 0.5) is 0 Å². The summed E-state index contributed by atoms with van der Waals surface area (Å²) in [6.07, 6.45) is 6.78. The van der Waals surface area contributed by atoms with Gasteiger partial charge in [0.25, 0.3) is 0 Å². The maximum Gasteiger partial charge on any atom is 0.459 e. The van der Waals surface area contributed by atoms with Crippen molar-refractivity contribution in [2.45, 2.75) is 12.7 Å². The second-order valence-electron chi connectivity index (χ2n) is 2.90. The molecule has 0 saturated carbocycles. The van der Waals surface area contributed by atoms with Crippen molar-refractivity contribution in [3.8, 4) is 0 Å². The van der Waals surface area contributed by atoms with Crippen molar-refractivity contribution in [1.82, 2.24) is 0 Å². The highest BCUT2D eigenvalue weighted by molar-refractivity contribution is 6.44. The molecule has 2 atom stereocenters. The minimum absolute atomic E-state index is 0.0475. The Morgan fingerprint density at radius 2 is 1.92 bits per heavy atom. The average Bonchev–Trinajstić information content (AvgIpc) is 2.04. The first-order chi connectivity index (χ1) is 5.63. The van der Waals surface area contributed by atoms with Gasteiger partial charge in [-0.1, -0.05) is 24.3 Å². The lowest BCUT2D eigenvalue weighted by atomic mass is 9.63. The molecule has 4 heteroatoms. The molecular weight excluding hydrogens is 155 g/mol. The normalized spacial score (nSPS) is 27.2. The van der Waals surface area contributed by atoms with Gasteiger partial charge in [-0.05, 0) is 6.92 Å². The first-order valence-corrected chi connectivity index (χ1v) is 3.84. The summed E-state index contributed by atoms with van der Waals surface area (Å²) in [4.78, 5) is 11.0. The zero-order chi connectivity index (χ0) is 9.14. The molecule has 0 aromatic carbocycles. The Morgan fingerprint density at radius 3 is 2.33 bits per heavy atom. The van der Waals surface area contributed by atoms with Crippen LogP contribution in [0.25, 0.3) is 0 Å². The number of Topliss-reactive ketones (excluding diaryl/α,β-unsaturated/α-hetero) is 1. The largest absolute Gasteiger partial charge is 0.459 e. The smallest absolute Gasteiger partial charge is 0.427 e. The molecule has 0 fully saturated rings. The monoisotopic (exact) mass is 166 g/mol. The van der Waals surface area contributed by atoms with E-state index in [0.29, 0.717) is 0 Å². The van der Waals surface area contributed by atoms with E-state index in [1.807, 2.05) is 0 Å². The average molecular weight is 166 g/mol. The van der Waals surface area contributed by atoms with Crippen LogP contribution in [0, 0.1) is 5.92 Å². The minimum atomic E-state index is -1.46. The highest BCUT2D eigenvalue weighted by atomic mass is 16.4. The van der Waals surface area contributed by atoms with Gasteiger partial charge in [-0.2, -0.15) is 0 Å². The van der Waals surface area contributed by atoms with Crippen LogP contribution in [0.1, 0.15) is 6.92 Å². The van der Waals surface area contributed by atoms with Gasteiger partial charge < -0.3 is 10.0 Å². The minimum Gasteiger partial charge on any atom is -0.427 e. The number of ketones is 1. The molecule has 1 aliphatic rings. The molecule has 0 bridgehead atoms.